The van der Waals surface area contributed by atoms with Gasteiger partial charge in [0.25, 0.3) is 0 Å². The topological polar surface area (TPSA) is 41.3 Å². The number of rotatable bonds is 3. The Morgan fingerprint density at radius 1 is 0.792 bits per heavy atom. The third-order valence-electron chi connectivity index (χ3n) is 6.61. The number of hydrogen-bond donors (Lipinski definition) is 2. The molecule has 24 heavy (non-hydrogen) atoms. The normalized spacial score (nSPS) is 32.2. The molecule has 3 atom stereocenters. The van der Waals surface area contributed by atoms with Gasteiger partial charge < -0.3 is 11.1 Å². The smallest absolute Gasteiger partial charge is 0.0576 e. The molecule has 1 saturated carbocycles. The van der Waals surface area contributed by atoms with Crippen LogP contribution < -0.4 is 11.1 Å². The molecule has 3 nitrogen and oxygen atoms in total. The molecule has 1 aromatic rings. The zero-order chi connectivity index (χ0) is 16.4. The minimum Gasteiger partial charge on any atom is -0.397 e. The third-order valence-corrected chi connectivity index (χ3v) is 6.61. The monoisotopic (exact) mass is 327 g/mol. The highest BCUT2D eigenvalue weighted by Gasteiger charge is 2.43. The second-order valence-corrected chi connectivity index (χ2v) is 8.23. The van der Waals surface area contributed by atoms with Crippen LogP contribution in [0.15, 0.2) is 24.3 Å². The van der Waals surface area contributed by atoms with Crippen LogP contribution in [0.5, 0.6) is 0 Å². The lowest BCUT2D eigenvalue weighted by Crippen LogP contribution is -2.51. The highest BCUT2D eigenvalue weighted by molar-refractivity contribution is 5.66. The van der Waals surface area contributed by atoms with E-state index in [1.54, 1.807) is 0 Å². The summed E-state index contributed by atoms with van der Waals surface area (Å²) in [6.07, 6.45) is 15.5. The molecule has 0 amide bonds. The molecule has 2 heterocycles. The number of nitrogens with two attached hydrogens (primary N) is 1. The molecule has 2 bridgehead atoms. The van der Waals surface area contributed by atoms with Gasteiger partial charge in [-0.1, -0.05) is 44.2 Å². The number of nitrogens with one attached hydrogen (secondary N) is 1. The molecule has 1 aliphatic carbocycles. The van der Waals surface area contributed by atoms with E-state index < -0.39 is 0 Å². The molecule has 0 aromatic heterocycles. The van der Waals surface area contributed by atoms with Crippen LogP contribution >= 0.6 is 0 Å². The van der Waals surface area contributed by atoms with E-state index >= 15 is 0 Å². The van der Waals surface area contributed by atoms with Crippen LogP contribution in [0.1, 0.15) is 70.6 Å². The number of para-hydroxylation sites is 2. The van der Waals surface area contributed by atoms with Gasteiger partial charge in [-0.15, -0.1) is 0 Å². The molecular formula is C21H33N3. The van der Waals surface area contributed by atoms with Crippen molar-refractivity contribution in [3.05, 3.63) is 24.3 Å². The number of piperidine rings is 1. The van der Waals surface area contributed by atoms with Gasteiger partial charge in [-0.05, 0) is 50.7 Å². The van der Waals surface area contributed by atoms with Crippen molar-refractivity contribution in [2.75, 3.05) is 11.1 Å². The van der Waals surface area contributed by atoms with Gasteiger partial charge in [-0.2, -0.15) is 0 Å². The van der Waals surface area contributed by atoms with E-state index in [2.05, 4.69) is 22.3 Å². The first-order valence-corrected chi connectivity index (χ1v) is 10.2. The van der Waals surface area contributed by atoms with Crippen molar-refractivity contribution in [3.63, 3.8) is 0 Å². The number of benzene rings is 1. The Morgan fingerprint density at radius 2 is 1.42 bits per heavy atom. The standard InChI is InChI=1S/C21H33N3/c22-20-10-6-7-11-21(20)23-16-14-18-12-13-19(15-16)24(18)17-8-4-2-1-3-5-9-17/h6-7,10-11,16-19,23H,1-5,8-9,12-15,22H2/t16?,18-,19+. The van der Waals surface area contributed by atoms with Crippen molar-refractivity contribution in [2.45, 2.75) is 94.8 Å². The van der Waals surface area contributed by atoms with Gasteiger partial charge in [0, 0.05) is 24.2 Å². The molecule has 4 rings (SSSR count). The summed E-state index contributed by atoms with van der Waals surface area (Å²) in [5, 5.41) is 3.74. The Labute approximate surface area is 147 Å². The van der Waals surface area contributed by atoms with Crippen LogP contribution in [0.25, 0.3) is 0 Å². The van der Waals surface area contributed by atoms with E-state index in [1.165, 1.54) is 70.6 Å². The summed E-state index contributed by atoms with van der Waals surface area (Å²) < 4.78 is 0. The second kappa shape index (κ2) is 7.35. The van der Waals surface area contributed by atoms with E-state index in [9.17, 15) is 0 Å². The number of fused-ring (bicyclic) bond motifs is 2. The minimum absolute atomic E-state index is 0.594. The van der Waals surface area contributed by atoms with Crippen LogP contribution in [-0.2, 0) is 0 Å². The number of hydrogen-bond acceptors (Lipinski definition) is 3. The van der Waals surface area contributed by atoms with Crippen molar-refractivity contribution in [1.82, 2.24) is 4.90 Å². The highest BCUT2D eigenvalue weighted by atomic mass is 15.3. The fourth-order valence-electron chi connectivity index (χ4n) is 5.51. The van der Waals surface area contributed by atoms with Gasteiger partial charge in [0.15, 0.2) is 0 Å². The molecule has 1 aromatic carbocycles. The fraction of sp³-hybridized carbons (Fsp3) is 0.714. The zero-order valence-electron chi connectivity index (χ0n) is 14.9. The molecular weight excluding hydrogens is 294 g/mol. The summed E-state index contributed by atoms with van der Waals surface area (Å²) in [4.78, 5) is 2.96. The van der Waals surface area contributed by atoms with Gasteiger partial charge in [-0.25, -0.2) is 0 Å². The van der Waals surface area contributed by atoms with Gasteiger partial charge in [0.05, 0.1) is 11.4 Å². The first-order chi connectivity index (χ1) is 11.8. The number of nitrogens with zero attached hydrogens (tertiary/aromatic N) is 1. The first kappa shape index (κ1) is 16.3. The number of anilines is 2. The average Bonchev–Trinajstić information content (AvgIpc) is 2.81. The lowest BCUT2D eigenvalue weighted by molar-refractivity contribution is 0.0662. The summed E-state index contributed by atoms with van der Waals surface area (Å²) in [6.45, 7) is 0. The van der Waals surface area contributed by atoms with Gasteiger partial charge >= 0.3 is 0 Å². The molecule has 1 unspecified atom stereocenters. The highest BCUT2D eigenvalue weighted by Crippen LogP contribution is 2.41. The summed E-state index contributed by atoms with van der Waals surface area (Å²) in [7, 11) is 0. The summed E-state index contributed by atoms with van der Waals surface area (Å²) in [5.41, 5.74) is 8.13. The van der Waals surface area contributed by atoms with Crippen molar-refractivity contribution < 1.29 is 0 Å². The van der Waals surface area contributed by atoms with E-state index in [4.69, 9.17) is 5.73 Å². The summed E-state index contributed by atoms with van der Waals surface area (Å²) in [5.74, 6) is 0. The average molecular weight is 328 g/mol. The molecule has 3 fully saturated rings. The molecule has 0 spiro atoms. The first-order valence-electron chi connectivity index (χ1n) is 10.2. The number of nitrogen functional groups attached to an aromatic ring is 1. The predicted molar refractivity (Wildman–Crippen MR) is 102 cm³/mol. The van der Waals surface area contributed by atoms with E-state index in [0.29, 0.717) is 6.04 Å². The van der Waals surface area contributed by atoms with Crippen LogP contribution in [0.2, 0.25) is 0 Å². The molecule has 3 aliphatic rings. The quantitative estimate of drug-likeness (QED) is 0.784. The van der Waals surface area contributed by atoms with Crippen molar-refractivity contribution >= 4 is 11.4 Å². The van der Waals surface area contributed by atoms with Crippen LogP contribution in [0.3, 0.4) is 0 Å². The van der Waals surface area contributed by atoms with Gasteiger partial charge in [-0.3, -0.25) is 4.90 Å². The predicted octanol–water partition coefficient (Wildman–Crippen LogP) is 4.79. The Kier molecular flexibility index (Phi) is 4.98. The van der Waals surface area contributed by atoms with Crippen LogP contribution in [0, 0.1) is 0 Å². The zero-order valence-corrected chi connectivity index (χ0v) is 14.9. The molecule has 2 aliphatic heterocycles. The Hall–Kier alpha value is -1.22. The maximum atomic E-state index is 6.13. The lowest BCUT2D eigenvalue weighted by Gasteiger charge is -2.44. The van der Waals surface area contributed by atoms with Crippen LogP contribution in [0.4, 0.5) is 11.4 Å². The van der Waals surface area contributed by atoms with E-state index in [0.717, 1.165) is 29.5 Å². The lowest BCUT2D eigenvalue weighted by atomic mass is 9.90. The fourth-order valence-corrected chi connectivity index (χ4v) is 5.51. The van der Waals surface area contributed by atoms with Gasteiger partial charge in [0.2, 0.25) is 0 Å². The molecule has 0 radical (unpaired) electrons. The van der Waals surface area contributed by atoms with Gasteiger partial charge in [0.1, 0.15) is 0 Å². The van der Waals surface area contributed by atoms with Crippen LogP contribution in [-0.4, -0.2) is 29.1 Å². The SMILES string of the molecule is Nc1ccccc1NC1C[C@H]2CC[C@@H](C1)N2C1CCCCCCC1. The van der Waals surface area contributed by atoms with E-state index in [1.807, 2.05) is 12.1 Å². The van der Waals surface area contributed by atoms with Crippen molar-refractivity contribution in [3.8, 4) is 0 Å². The molecule has 132 valence electrons. The summed E-state index contributed by atoms with van der Waals surface area (Å²) >= 11 is 0. The maximum absolute atomic E-state index is 6.13. The molecule has 3 heteroatoms. The Balaban J connectivity index is 1.41. The maximum Gasteiger partial charge on any atom is 0.0576 e. The largest absolute Gasteiger partial charge is 0.397 e. The van der Waals surface area contributed by atoms with E-state index in [-0.39, 0.29) is 0 Å². The Bertz CT molecular complexity index is 522. The minimum atomic E-state index is 0.594. The third kappa shape index (κ3) is 3.42. The second-order valence-electron chi connectivity index (χ2n) is 8.23. The summed E-state index contributed by atoms with van der Waals surface area (Å²) in [6, 6.07) is 11.3. The Morgan fingerprint density at radius 3 is 2.08 bits per heavy atom. The molecule has 3 N–H and O–H groups in total. The molecule has 2 saturated heterocycles. The van der Waals surface area contributed by atoms with Crippen molar-refractivity contribution in [2.24, 2.45) is 0 Å². The van der Waals surface area contributed by atoms with Crippen molar-refractivity contribution in [1.29, 1.82) is 0 Å².